The van der Waals surface area contributed by atoms with Gasteiger partial charge in [-0.25, -0.2) is 0 Å². The van der Waals surface area contributed by atoms with E-state index in [1.54, 1.807) is 7.11 Å². The maximum Gasteiger partial charge on any atom is 0.122 e. The number of rotatable bonds is 6. The van der Waals surface area contributed by atoms with Crippen molar-refractivity contribution in [1.82, 2.24) is 4.90 Å². The van der Waals surface area contributed by atoms with Crippen LogP contribution in [0, 0.1) is 13.8 Å². The number of nitrogens with zero attached hydrogens (tertiary/aromatic N) is 1. The molecule has 0 amide bonds. The lowest BCUT2D eigenvalue weighted by Crippen LogP contribution is -2.36. The predicted octanol–water partition coefficient (Wildman–Crippen LogP) is 2.13. The topological polar surface area (TPSA) is 38.5 Å². The van der Waals surface area contributed by atoms with Crippen molar-refractivity contribution in [1.29, 1.82) is 0 Å². The highest BCUT2D eigenvalue weighted by atomic mass is 16.5. The molecule has 1 unspecified atom stereocenters. The number of likely N-dealkylation sites (N-methyl/N-ethyl adjacent to an activating group) is 1. The number of nitrogens with two attached hydrogens (primary N) is 1. The molecule has 2 N–H and O–H groups in total. The fourth-order valence-corrected chi connectivity index (χ4v) is 2.04. The molecule has 0 radical (unpaired) electrons. The lowest BCUT2D eigenvalue weighted by atomic mass is 9.99. The summed E-state index contributed by atoms with van der Waals surface area (Å²) >= 11 is 0. The normalized spacial score (nSPS) is 12.8. The van der Waals surface area contributed by atoms with Gasteiger partial charge >= 0.3 is 0 Å². The molecular formula is C15H26N2O. The molecule has 0 saturated carbocycles. The van der Waals surface area contributed by atoms with Crippen molar-refractivity contribution in [3.8, 4) is 5.75 Å². The van der Waals surface area contributed by atoms with E-state index in [9.17, 15) is 0 Å². The molecule has 0 aliphatic heterocycles. The van der Waals surface area contributed by atoms with E-state index in [1.165, 1.54) is 16.7 Å². The van der Waals surface area contributed by atoms with E-state index in [1.807, 2.05) is 0 Å². The van der Waals surface area contributed by atoms with Gasteiger partial charge in [0.1, 0.15) is 5.75 Å². The van der Waals surface area contributed by atoms with Crippen LogP contribution in [0.15, 0.2) is 12.1 Å². The van der Waals surface area contributed by atoms with Crippen molar-refractivity contribution >= 4 is 0 Å². The molecule has 0 spiro atoms. The van der Waals surface area contributed by atoms with Crippen LogP contribution in [-0.4, -0.2) is 38.2 Å². The minimum absolute atomic E-state index is 0.435. The smallest absolute Gasteiger partial charge is 0.122 e. The van der Waals surface area contributed by atoms with Crippen molar-refractivity contribution in [2.75, 3.05) is 27.2 Å². The Morgan fingerprint density at radius 2 is 1.94 bits per heavy atom. The zero-order chi connectivity index (χ0) is 13.7. The van der Waals surface area contributed by atoms with Crippen LogP contribution in [-0.2, 0) is 6.42 Å². The monoisotopic (exact) mass is 250 g/mol. The van der Waals surface area contributed by atoms with Gasteiger partial charge in [0.05, 0.1) is 7.11 Å². The van der Waals surface area contributed by atoms with Gasteiger partial charge in [-0.15, -0.1) is 0 Å². The van der Waals surface area contributed by atoms with Crippen molar-refractivity contribution in [3.63, 3.8) is 0 Å². The molecule has 1 aromatic rings. The van der Waals surface area contributed by atoms with Gasteiger partial charge < -0.3 is 15.4 Å². The zero-order valence-electron chi connectivity index (χ0n) is 12.3. The lowest BCUT2D eigenvalue weighted by Gasteiger charge is -2.23. The van der Waals surface area contributed by atoms with E-state index >= 15 is 0 Å². The summed E-state index contributed by atoms with van der Waals surface area (Å²) in [5.41, 5.74) is 9.65. The Morgan fingerprint density at radius 1 is 1.28 bits per heavy atom. The highest BCUT2D eigenvalue weighted by molar-refractivity contribution is 5.43. The van der Waals surface area contributed by atoms with E-state index in [2.05, 4.69) is 44.9 Å². The Bertz CT molecular complexity index is 390. The largest absolute Gasteiger partial charge is 0.496 e. The number of hydrogen-bond acceptors (Lipinski definition) is 3. The molecule has 18 heavy (non-hydrogen) atoms. The van der Waals surface area contributed by atoms with Gasteiger partial charge in [0.25, 0.3) is 0 Å². The van der Waals surface area contributed by atoms with Crippen molar-refractivity contribution in [2.45, 2.75) is 33.2 Å². The van der Waals surface area contributed by atoms with Gasteiger partial charge in [-0.05, 0) is 57.0 Å². The standard InChI is InChI=1S/C15H26N2O/c1-11(10-16)17(4)9-8-14-6-7-15(18-5)13(3)12(14)2/h6-7,11H,8-10,16H2,1-5H3. The third-order valence-electron chi connectivity index (χ3n) is 3.90. The van der Waals surface area contributed by atoms with E-state index in [0.717, 1.165) is 18.7 Å². The Morgan fingerprint density at radius 3 is 2.50 bits per heavy atom. The summed E-state index contributed by atoms with van der Waals surface area (Å²) in [6.07, 6.45) is 1.05. The van der Waals surface area contributed by atoms with Crippen LogP contribution in [0.5, 0.6) is 5.75 Å². The van der Waals surface area contributed by atoms with E-state index in [4.69, 9.17) is 10.5 Å². The van der Waals surface area contributed by atoms with Crippen molar-refractivity contribution < 1.29 is 4.74 Å². The first kappa shape index (κ1) is 15.0. The fourth-order valence-electron chi connectivity index (χ4n) is 2.04. The number of ether oxygens (including phenoxy) is 1. The number of methoxy groups -OCH3 is 1. The first-order chi connectivity index (χ1) is 8.51. The predicted molar refractivity (Wildman–Crippen MR) is 77.3 cm³/mol. The SMILES string of the molecule is COc1ccc(CCN(C)C(C)CN)c(C)c1C. The van der Waals surface area contributed by atoms with Gasteiger partial charge in [-0.1, -0.05) is 6.07 Å². The third-order valence-corrected chi connectivity index (χ3v) is 3.90. The van der Waals surface area contributed by atoms with E-state index in [0.29, 0.717) is 12.6 Å². The fraction of sp³-hybridized carbons (Fsp3) is 0.600. The highest BCUT2D eigenvalue weighted by Gasteiger charge is 2.10. The van der Waals surface area contributed by atoms with Gasteiger partial charge in [-0.3, -0.25) is 0 Å². The molecule has 3 heteroatoms. The summed E-state index contributed by atoms with van der Waals surface area (Å²) in [6, 6.07) is 4.66. The molecule has 1 atom stereocenters. The molecule has 3 nitrogen and oxygen atoms in total. The van der Waals surface area contributed by atoms with E-state index in [-0.39, 0.29) is 0 Å². The summed E-state index contributed by atoms with van der Waals surface area (Å²) in [7, 11) is 3.85. The second-order valence-electron chi connectivity index (χ2n) is 4.99. The Hall–Kier alpha value is -1.06. The van der Waals surface area contributed by atoms with Crippen LogP contribution < -0.4 is 10.5 Å². The second-order valence-corrected chi connectivity index (χ2v) is 4.99. The van der Waals surface area contributed by atoms with Crippen molar-refractivity contribution in [2.24, 2.45) is 5.73 Å². The molecule has 0 aromatic heterocycles. The highest BCUT2D eigenvalue weighted by Crippen LogP contribution is 2.24. The Labute approximate surface area is 111 Å². The van der Waals surface area contributed by atoms with Gasteiger partial charge in [-0.2, -0.15) is 0 Å². The van der Waals surface area contributed by atoms with Gasteiger partial charge in [0, 0.05) is 19.1 Å². The summed E-state index contributed by atoms with van der Waals surface area (Å²) in [6.45, 7) is 8.18. The van der Waals surface area contributed by atoms with Crippen LogP contribution in [0.4, 0.5) is 0 Å². The molecule has 1 rings (SSSR count). The average molecular weight is 250 g/mol. The quantitative estimate of drug-likeness (QED) is 0.840. The molecule has 102 valence electrons. The van der Waals surface area contributed by atoms with E-state index < -0.39 is 0 Å². The second kappa shape index (κ2) is 6.76. The first-order valence-corrected chi connectivity index (χ1v) is 6.54. The Balaban J connectivity index is 2.71. The zero-order valence-corrected chi connectivity index (χ0v) is 12.3. The Kier molecular flexibility index (Phi) is 5.63. The summed E-state index contributed by atoms with van der Waals surface area (Å²) in [5, 5.41) is 0. The average Bonchev–Trinajstić information content (AvgIpc) is 2.39. The van der Waals surface area contributed by atoms with Crippen LogP contribution in [0.3, 0.4) is 0 Å². The van der Waals surface area contributed by atoms with Gasteiger partial charge in [0.2, 0.25) is 0 Å². The van der Waals surface area contributed by atoms with Gasteiger partial charge in [0.15, 0.2) is 0 Å². The molecule has 0 bridgehead atoms. The first-order valence-electron chi connectivity index (χ1n) is 6.54. The third kappa shape index (κ3) is 3.47. The van der Waals surface area contributed by atoms with Crippen LogP contribution >= 0.6 is 0 Å². The molecule has 0 fully saturated rings. The maximum atomic E-state index is 5.68. The molecule has 0 heterocycles. The molecule has 0 aliphatic rings. The number of benzene rings is 1. The summed E-state index contributed by atoms with van der Waals surface area (Å²) in [4.78, 5) is 2.30. The molecule has 1 aromatic carbocycles. The minimum Gasteiger partial charge on any atom is -0.496 e. The van der Waals surface area contributed by atoms with Crippen molar-refractivity contribution in [3.05, 3.63) is 28.8 Å². The summed E-state index contributed by atoms with van der Waals surface area (Å²) < 4.78 is 5.34. The molecular weight excluding hydrogens is 224 g/mol. The number of hydrogen-bond donors (Lipinski definition) is 1. The molecule has 0 aliphatic carbocycles. The maximum absolute atomic E-state index is 5.68. The van der Waals surface area contributed by atoms with Crippen LogP contribution in [0.25, 0.3) is 0 Å². The minimum atomic E-state index is 0.435. The van der Waals surface area contributed by atoms with Crippen LogP contribution in [0.2, 0.25) is 0 Å². The van der Waals surface area contributed by atoms with Crippen LogP contribution in [0.1, 0.15) is 23.6 Å². The lowest BCUT2D eigenvalue weighted by molar-refractivity contribution is 0.266. The summed E-state index contributed by atoms with van der Waals surface area (Å²) in [5.74, 6) is 0.972. The molecule has 0 saturated heterocycles.